The first-order valence-corrected chi connectivity index (χ1v) is 9.33. The Morgan fingerprint density at radius 1 is 1.18 bits per heavy atom. The van der Waals surface area contributed by atoms with Crippen molar-refractivity contribution in [2.75, 3.05) is 0 Å². The highest BCUT2D eigenvalue weighted by atomic mass is 16.5. The number of nitrogens with one attached hydrogen (secondary N) is 1. The van der Waals surface area contributed by atoms with Crippen molar-refractivity contribution in [1.29, 1.82) is 0 Å². The molecule has 0 aliphatic heterocycles. The molecule has 0 radical (unpaired) electrons. The maximum absolute atomic E-state index is 11.6. The summed E-state index contributed by atoms with van der Waals surface area (Å²) in [4.78, 5) is 26.4. The van der Waals surface area contributed by atoms with Gasteiger partial charge in [0.2, 0.25) is 0 Å². The summed E-state index contributed by atoms with van der Waals surface area (Å²) >= 11 is 0. The standard InChI is InChI=1S/C23H25NO4/c1-6-7-17-8-9-21-19(11-17)20-12-22(28-16(5)26)14(3)18(23(20)24-21)10-13(2)27-15(4)25/h6,8-9,11-13,24H,1,7,10H2,2-5H3/t13-/m1/s1. The van der Waals surface area contributed by atoms with E-state index < -0.39 is 0 Å². The van der Waals surface area contributed by atoms with Crippen molar-refractivity contribution >= 4 is 33.7 Å². The number of benzene rings is 2. The van der Waals surface area contributed by atoms with Crippen molar-refractivity contribution in [1.82, 2.24) is 4.98 Å². The first-order chi connectivity index (χ1) is 13.3. The van der Waals surface area contributed by atoms with E-state index in [-0.39, 0.29) is 18.0 Å². The molecule has 1 heterocycles. The highest BCUT2D eigenvalue weighted by molar-refractivity contribution is 6.09. The maximum atomic E-state index is 11.6. The molecule has 0 spiro atoms. The molecule has 146 valence electrons. The van der Waals surface area contributed by atoms with Crippen LogP contribution in [-0.2, 0) is 27.2 Å². The number of aromatic amines is 1. The number of hydrogen-bond acceptors (Lipinski definition) is 4. The molecule has 0 amide bonds. The summed E-state index contributed by atoms with van der Waals surface area (Å²) in [5.41, 5.74) is 4.97. The van der Waals surface area contributed by atoms with Crippen LogP contribution in [0.4, 0.5) is 0 Å². The molecule has 5 heteroatoms. The molecule has 1 atom stereocenters. The zero-order chi connectivity index (χ0) is 20.4. The van der Waals surface area contributed by atoms with Crippen molar-refractivity contribution in [3.05, 3.63) is 53.6 Å². The van der Waals surface area contributed by atoms with E-state index in [2.05, 4.69) is 23.7 Å². The van der Waals surface area contributed by atoms with E-state index >= 15 is 0 Å². The van der Waals surface area contributed by atoms with Crippen LogP contribution in [0.2, 0.25) is 0 Å². The van der Waals surface area contributed by atoms with E-state index in [0.717, 1.165) is 44.9 Å². The first kappa shape index (κ1) is 19.7. The molecule has 0 saturated heterocycles. The van der Waals surface area contributed by atoms with E-state index in [4.69, 9.17) is 9.47 Å². The van der Waals surface area contributed by atoms with Gasteiger partial charge in [-0.15, -0.1) is 6.58 Å². The van der Waals surface area contributed by atoms with Gasteiger partial charge in [-0.1, -0.05) is 12.1 Å². The lowest BCUT2D eigenvalue weighted by molar-refractivity contribution is -0.145. The molecular weight excluding hydrogens is 354 g/mol. The van der Waals surface area contributed by atoms with Crippen LogP contribution in [0.5, 0.6) is 5.75 Å². The number of carbonyl (C=O) groups is 2. The summed E-state index contributed by atoms with van der Waals surface area (Å²) in [5.74, 6) is -0.156. The van der Waals surface area contributed by atoms with E-state index in [1.165, 1.54) is 13.8 Å². The minimum Gasteiger partial charge on any atom is -0.463 e. The molecule has 0 saturated carbocycles. The summed E-state index contributed by atoms with van der Waals surface area (Å²) in [6.45, 7) is 10.4. The number of aromatic nitrogens is 1. The van der Waals surface area contributed by atoms with Crippen LogP contribution in [0, 0.1) is 6.92 Å². The van der Waals surface area contributed by atoms with Crippen LogP contribution in [0.3, 0.4) is 0 Å². The second kappa shape index (κ2) is 7.89. The van der Waals surface area contributed by atoms with E-state index in [1.54, 1.807) is 0 Å². The molecule has 2 aromatic carbocycles. The van der Waals surface area contributed by atoms with Gasteiger partial charge in [-0.05, 0) is 55.2 Å². The molecule has 0 unspecified atom stereocenters. The largest absolute Gasteiger partial charge is 0.463 e. The van der Waals surface area contributed by atoms with Crippen LogP contribution in [0.25, 0.3) is 21.8 Å². The van der Waals surface area contributed by atoms with Crippen LogP contribution in [0.15, 0.2) is 36.9 Å². The molecule has 5 nitrogen and oxygen atoms in total. The molecule has 0 fully saturated rings. The molecular formula is C23H25NO4. The van der Waals surface area contributed by atoms with Crippen LogP contribution >= 0.6 is 0 Å². The van der Waals surface area contributed by atoms with E-state index in [9.17, 15) is 9.59 Å². The van der Waals surface area contributed by atoms with Crippen LogP contribution in [0.1, 0.15) is 37.5 Å². The summed E-state index contributed by atoms with van der Waals surface area (Å²) < 4.78 is 10.8. The molecule has 1 aromatic heterocycles. The third-order valence-electron chi connectivity index (χ3n) is 4.80. The Morgan fingerprint density at radius 3 is 2.57 bits per heavy atom. The highest BCUT2D eigenvalue weighted by Gasteiger charge is 2.19. The third-order valence-corrected chi connectivity index (χ3v) is 4.80. The van der Waals surface area contributed by atoms with Crippen LogP contribution in [-0.4, -0.2) is 23.0 Å². The second-order valence-electron chi connectivity index (χ2n) is 7.12. The number of carbonyl (C=O) groups excluding carboxylic acids is 2. The number of rotatable bonds is 6. The van der Waals surface area contributed by atoms with Crippen molar-refractivity contribution < 1.29 is 19.1 Å². The summed E-state index contributed by atoms with van der Waals surface area (Å²) in [6, 6.07) is 8.15. The fourth-order valence-corrected chi connectivity index (χ4v) is 3.65. The predicted molar refractivity (Wildman–Crippen MR) is 111 cm³/mol. The normalized spacial score (nSPS) is 12.1. The smallest absolute Gasteiger partial charge is 0.308 e. The summed E-state index contributed by atoms with van der Waals surface area (Å²) in [5, 5.41) is 2.04. The van der Waals surface area contributed by atoms with Gasteiger partial charge in [0, 0.05) is 36.6 Å². The predicted octanol–water partition coefficient (Wildman–Crippen LogP) is 4.78. The third kappa shape index (κ3) is 3.93. The second-order valence-corrected chi connectivity index (χ2v) is 7.12. The lowest BCUT2D eigenvalue weighted by Gasteiger charge is -2.17. The number of ether oxygens (including phenoxy) is 2. The fourth-order valence-electron chi connectivity index (χ4n) is 3.65. The van der Waals surface area contributed by atoms with Gasteiger partial charge in [0.25, 0.3) is 0 Å². The number of esters is 2. The molecule has 0 bridgehead atoms. The van der Waals surface area contributed by atoms with E-state index in [0.29, 0.717) is 12.2 Å². The monoisotopic (exact) mass is 379 g/mol. The Balaban J connectivity index is 2.23. The molecule has 0 aliphatic rings. The van der Waals surface area contributed by atoms with Gasteiger partial charge in [-0.3, -0.25) is 9.59 Å². The summed E-state index contributed by atoms with van der Waals surface area (Å²) in [6.07, 6.45) is 2.87. The maximum Gasteiger partial charge on any atom is 0.308 e. The lowest BCUT2D eigenvalue weighted by atomic mass is 9.97. The molecule has 1 N–H and O–H groups in total. The lowest BCUT2D eigenvalue weighted by Crippen LogP contribution is -2.16. The zero-order valence-electron chi connectivity index (χ0n) is 16.7. The van der Waals surface area contributed by atoms with Gasteiger partial charge < -0.3 is 14.5 Å². The summed E-state index contributed by atoms with van der Waals surface area (Å²) in [7, 11) is 0. The minimum absolute atomic E-state index is 0.297. The molecule has 0 aliphatic carbocycles. The number of fused-ring (bicyclic) bond motifs is 3. The van der Waals surface area contributed by atoms with Gasteiger partial charge in [-0.25, -0.2) is 0 Å². The van der Waals surface area contributed by atoms with Gasteiger partial charge in [-0.2, -0.15) is 0 Å². The van der Waals surface area contributed by atoms with Gasteiger partial charge in [0.15, 0.2) is 0 Å². The Morgan fingerprint density at radius 2 is 1.93 bits per heavy atom. The zero-order valence-corrected chi connectivity index (χ0v) is 16.7. The van der Waals surface area contributed by atoms with Crippen molar-refractivity contribution in [2.24, 2.45) is 0 Å². The average Bonchev–Trinajstić information content (AvgIpc) is 2.95. The fraction of sp³-hybridized carbons (Fsp3) is 0.304. The van der Waals surface area contributed by atoms with Crippen molar-refractivity contribution in [3.63, 3.8) is 0 Å². The quantitative estimate of drug-likeness (QED) is 0.380. The van der Waals surface area contributed by atoms with E-state index in [1.807, 2.05) is 32.1 Å². The number of hydrogen-bond donors (Lipinski definition) is 1. The molecule has 28 heavy (non-hydrogen) atoms. The average molecular weight is 379 g/mol. The van der Waals surface area contributed by atoms with Gasteiger partial charge >= 0.3 is 11.9 Å². The first-order valence-electron chi connectivity index (χ1n) is 9.33. The Labute approximate surface area is 164 Å². The topological polar surface area (TPSA) is 68.4 Å². The molecule has 3 aromatic rings. The minimum atomic E-state index is -0.367. The Kier molecular flexibility index (Phi) is 5.54. The Bertz CT molecular complexity index is 1080. The highest BCUT2D eigenvalue weighted by Crippen LogP contribution is 2.36. The number of H-pyrrole nitrogens is 1. The number of allylic oxidation sites excluding steroid dienone is 1. The van der Waals surface area contributed by atoms with Crippen molar-refractivity contribution in [2.45, 2.75) is 46.6 Å². The van der Waals surface area contributed by atoms with Gasteiger partial charge in [0.1, 0.15) is 11.9 Å². The molecule has 3 rings (SSSR count). The van der Waals surface area contributed by atoms with Crippen molar-refractivity contribution in [3.8, 4) is 5.75 Å². The SMILES string of the molecule is C=CCc1ccc2[nH]c3c(C[C@@H](C)OC(C)=O)c(C)c(OC(C)=O)cc3c2c1. The van der Waals surface area contributed by atoms with Crippen LogP contribution < -0.4 is 4.74 Å². The van der Waals surface area contributed by atoms with Gasteiger partial charge in [0.05, 0.1) is 5.52 Å². The Hall–Kier alpha value is -3.08.